The van der Waals surface area contributed by atoms with Crippen LogP contribution in [0.15, 0.2) is 24.3 Å². The summed E-state index contributed by atoms with van der Waals surface area (Å²) < 4.78 is 2.43. The zero-order valence-corrected chi connectivity index (χ0v) is 8.72. The minimum Gasteiger partial charge on any atom is -0.345 e. The van der Waals surface area contributed by atoms with Crippen molar-refractivity contribution < 1.29 is 0 Å². The van der Waals surface area contributed by atoms with Crippen molar-refractivity contribution >= 4 is 22.5 Å². The third-order valence-corrected chi connectivity index (χ3v) is 3.25. The lowest BCUT2D eigenvalue weighted by atomic mass is 10.1. The highest BCUT2D eigenvalue weighted by Gasteiger charge is 2.12. The first kappa shape index (κ1) is 8.37. The molecule has 14 heavy (non-hydrogen) atoms. The van der Waals surface area contributed by atoms with Gasteiger partial charge in [-0.2, -0.15) is 0 Å². The lowest BCUT2D eigenvalue weighted by Gasteiger charge is -2.15. The van der Waals surface area contributed by atoms with Gasteiger partial charge in [0.15, 0.2) is 0 Å². The second-order valence-electron chi connectivity index (χ2n) is 3.95. The number of hydrogen-bond donors (Lipinski definition) is 0. The van der Waals surface area contributed by atoms with Gasteiger partial charge in [0.1, 0.15) is 0 Å². The van der Waals surface area contributed by atoms with Crippen molar-refractivity contribution in [3.63, 3.8) is 0 Å². The van der Waals surface area contributed by atoms with Crippen molar-refractivity contribution in [1.29, 1.82) is 0 Å². The smallest absolute Gasteiger partial charge is 0.0483 e. The molecule has 1 aromatic carbocycles. The van der Waals surface area contributed by atoms with Crippen molar-refractivity contribution in [3.05, 3.63) is 35.0 Å². The second-order valence-corrected chi connectivity index (χ2v) is 4.38. The molecule has 0 radical (unpaired) electrons. The Labute approximate surface area is 88.3 Å². The van der Waals surface area contributed by atoms with E-state index in [0.29, 0.717) is 0 Å². The van der Waals surface area contributed by atoms with Crippen LogP contribution in [-0.2, 0) is 13.0 Å². The van der Waals surface area contributed by atoms with Gasteiger partial charge in [0, 0.05) is 28.2 Å². The molecule has 0 N–H and O–H groups in total. The summed E-state index contributed by atoms with van der Waals surface area (Å²) in [7, 11) is 0. The maximum Gasteiger partial charge on any atom is 0.0483 e. The molecule has 3 rings (SSSR count). The van der Waals surface area contributed by atoms with Crippen LogP contribution in [0.5, 0.6) is 0 Å². The summed E-state index contributed by atoms with van der Waals surface area (Å²) in [4.78, 5) is 0. The summed E-state index contributed by atoms with van der Waals surface area (Å²) in [6.45, 7) is 1.17. The molecule has 0 aliphatic carbocycles. The van der Waals surface area contributed by atoms with Crippen molar-refractivity contribution in [3.8, 4) is 0 Å². The molecular weight excluding hydrogens is 194 g/mol. The van der Waals surface area contributed by atoms with Crippen LogP contribution in [-0.4, -0.2) is 4.57 Å². The van der Waals surface area contributed by atoms with E-state index in [1.165, 1.54) is 42.4 Å². The van der Waals surface area contributed by atoms with Crippen LogP contribution in [0.1, 0.15) is 18.5 Å². The van der Waals surface area contributed by atoms with Crippen LogP contribution in [0.25, 0.3) is 10.9 Å². The molecule has 2 heterocycles. The number of fused-ring (bicyclic) bond motifs is 3. The largest absolute Gasteiger partial charge is 0.345 e. The molecule has 72 valence electrons. The number of hydrogen-bond acceptors (Lipinski definition) is 0. The molecule has 0 amide bonds. The number of aryl methyl sites for hydroxylation is 2. The Morgan fingerprint density at radius 1 is 1.14 bits per heavy atom. The quantitative estimate of drug-likeness (QED) is 0.619. The normalized spacial score (nSPS) is 15.8. The highest BCUT2D eigenvalue weighted by atomic mass is 35.5. The molecule has 2 aromatic rings. The Bertz CT molecular complexity index is 484. The zero-order valence-electron chi connectivity index (χ0n) is 7.96. The Kier molecular flexibility index (Phi) is 1.81. The Morgan fingerprint density at radius 3 is 3.00 bits per heavy atom. The van der Waals surface area contributed by atoms with E-state index < -0.39 is 0 Å². The Hall–Kier alpha value is -0.950. The summed E-state index contributed by atoms with van der Waals surface area (Å²) in [6.07, 6.45) is 3.84. The molecule has 0 unspecified atom stereocenters. The van der Waals surface area contributed by atoms with E-state index in [9.17, 15) is 0 Å². The SMILES string of the molecule is Clc1ccc2c(c1)cc1n2CCCC1. The van der Waals surface area contributed by atoms with Gasteiger partial charge in [-0.15, -0.1) is 0 Å². The molecule has 1 nitrogen and oxygen atoms in total. The van der Waals surface area contributed by atoms with Gasteiger partial charge >= 0.3 is 0 Å². The average Bonchev–Trinajstić information content (AvgIpc) is 2.54. The molecule has 1 aliphatic rings. The standard InChI is InChI=1S/C12H12ClN/c13-10-4-5-12-9(7-10)8-11-3-1-2-6-14(11)12/h4-5,7-8H,1-3,6H2. The number of aromatic nitrogens is 1. The third-order valence-electron chi connectivity index (χ3n) is 3.01. The van der Waals surface area contributed by atoms with Crippen LogP contribution in [0.3, 0.4) is 0 Å². The Morgan fingerprint density at radius 2 is 2.07 bits per heavy atom. The Balaban J connectivity index is 2.31. The zero-order chi connectivity index (χ0) is 9.54. The highest BCUT2D eigenvalue weighted by Crippen LogP contribution is 2.27. The minimum atomic E-state index is 0.834. The van der Waals surface area contributed by atoms with E-state index in [1.54, 1.807) is 0 Å². The highest BCUT2D eigenvalue weighted by molar-refractivity contribution is 6.31. The molecule has 0 fully saturated rings. The van der Waals surface area contributed by atoms with Crippen LogP contribution in [0, 0.1) is 0 Å². The topological polar surface area (TPSA) is 4.93 Å². The van der Waals surface area contributed by atoms with Gasteiger partial charge in [0.2, 0.25) is 0 Å². The summed E-state index contributed by atoms with van der Waals surface area (Å²) in [5.74, 6) is 0. The monoisotopic (exact) mass is 205 g/mol. The first-order valence-electron chi connectivity index (χ1n) is 5.12. The fourth-order valence-corrected chi connectivity index (χ4v) is 2.53. The lowest BCUT2D eigenvalue weighted by molar-refractivity contribution is 0.545. The number of rotatable bonds is 0. The van der Waals surface area contributed by atoms with E-state index in [2.05, 4.69) is 22.8 Å². The van der Waals surface area contributed by atoms with E-state index in [4.69, 9.17) is 11.6 Å². The lowest BCUT2D eigenvalue weighted by Crippen LogP contribution is -2.08. The third kappa shape index (κ3) is 1.16. The van der Waals surface area contributed by atoms with E-state index in [-0.39, 0.29) is 0 Å². The van der Waals surface area contributed by atoms with Crippen LogP contribution in [0.2, 0.25) is 5.02 Å². The number of benzene rings is 1. The van der Waals surface area contributed by atoms with Gasteiger partial charge in [-0.05, 0) is 43.5 Å². The second kappa shape index (κ2) is 3.03. The maximum absolute atomic E-state index is 5.97. The first-order valence-corrected chi connectivity index (χ1v) is 5.50. The van der Waals surface area contributed by atoms with Crippen molar-refractivity contribution in [2.24, 2.45) is 0 Å². The van der Waals surface area contributed by atoms with Crippen LogP contribution >= 0.6 is 11.6 Å². The molecule has 0 bridgehead atoms. The minimum absolute atomic E-state index is 0.834. The molecular formula is C12H12ClN. The predicted octanol–water partition coefficient (Wildman–Crippen LogP) is 3.63. The van der Waals surface area contributed by atoms with Crippen molar-refractivity contribution in [2.75, 3.05) is 0 Å². The van der Waals surface area contributed by atoms with Crippen LogP contribution in [0.4, 0.5) is 0 Å². The first-order chi connectivity index (χ1) is 6.84. The molecule has 0 saturated heterocycles. The van der Waals surface area contributed by atoms with Crippen LogP contribution < -0.4 is 0 Å². The van der Waals surface area contributed by atoms with E-state index in [1.807, 2.05) is 6.07 Å². The average molecular weight is 206 g/mol. The van der Waals surface area contributed by atoms with Gasteiger partial charge in [-0.1, -0.05) is 11.6 Å². The number of halogens is 1. The van der Waals surface area contributed by atoms with Gasteiger partial charge in [0.05, 0.1) is 0 Å². The van der Waals surface area contributed by atoms with Gasteiger partial charge in [0.25, 0.3) is 0 Å². The van der Waals surface area contributed by atoms with E-state index >= 15 is 0 Å². The molecule has 0 atom stereocenters. The predicted molar refractivity (Wildman–Crippen MR) is 59.9 cm³/mol. The molecule has 2 heteroatoms. The fourth-order valence-electron chi connectivity index (χ4n) is 2.35. The molecule has 1 aliphatic heterocycles. The molecule has 0 spiro atoms. The fraction of sp³-hybridized carbons (Fsp3) is 0.333. The molecule has 0 saturated carbocycles. The van der Waals surface area contributed by atoms with E-state index in [0.717, 1.165) is 5.02 Å². The molecule has 1 aromatic heterocycles. The summed E-state index contributed by atoms with van der Waals surface area (Å²) in [5, 5.41) is 2.12. The summed E-state index contributed by atoms with van der Waals surface area (Å²) in [5.41, 5.74) is 2.80. The summed E-state index contributed by atoms with van der Waals surface area (Å²) in [6, 6.07) is 8.45. The van der Waals surface area contributed by atoms with Gasteiger partial charge in [-0.25, -0.2) is 0 Å². The van der Waals surface area contributed by atoms with Gasteiger partial charge in [-0.3, -0.25) is 0 Å². The van der Waals surface area contributed by atoms with Gasteiger partial charge < -0.3 is 4.57 Å². The van der Waals surface area contributed by atoms with Crippen molar-refractivity contribution in [2.45, 2.75) is 25.8 Å². The van der Waals surface area contributed by atoms with Crippen molar-refractivity contribution in [1.82, 2.24) is 4.57 Å². The summed E-state index contributed by atoms with van der Waals surface area (Å²) >= 11 is 5.97. The number of nitrogens with zero attached hydrogens (tertiary/aromatic N) is 1. The maximum atomic E-state index is 5.97.